The van der Waals surface area contributed by atoms with Crippen LogP contribution in [0.4, 0.5) is 0 Å². The molecule has 18 heavy (non-hydrogen) atoms. The highest BCUT2D eigenvalue weighted by Gasteiger charge is 2.07. The van der Waals surface area contributed by atoms with Crippen molar-refractivity contribution in [1.29, 1.82) is 0 Å². The fourth-order valence-electron chi connectivity index (χ4n) is 1.89. The summed E-state index contributed by atoms with van der Waals surface area (Å²) in [6, 6.07) is 9.74. The van der Waals surface area contributed by atoms with Crippen molar-refractivity contribution in [3.05, 3.63) is 57.3 Å². The van der Waals surface area contributed by atoms with Crippen LogP contribution in [-0.2, 0) is 6.54 Å². The summed E-state index contributed by atoms with van der Waals surface area (Å²) in [5, 5.41) is 0. The quantitative estimate of drug-likeness (QED) is 0.689. The van der Waals surface area contributed by atoms with Gasteiger partial charge in [0.15, 0.2) is 5.65 Å². The van der Waals surface area contributed by atoms with Crippen LogP contribution in [-0.4, -0.2) is 19.5 Å². The summed E-state index contributed by atoms with van der Waals surface area (Å²) in [5.41, 5.74) is 2.05. The van der Waals surface area contributed by atoms with Gasteiger partial charge in [0.1, 0.15) is 10.2 Å². The monoisotopic (exact) mass is 258 g/mol. The van der Waals surface area contributed by atoms with E-state index in [9.17, 15) is 4.79 Å². The Hall–Kier alpha value is -2.21. The summed E-state index contributed by atoms with van der Waals surface area (Å²) >= 11 is 5.08. The summed E-state index contributed by atoms with van der Waals surface area (Å²) in [4.78, 5) is 21.7. The predicted molar refractivity (Wildman–Crippen MR) is 71.1 cm³/mol. The van der Waals surface area contributed by atoms with Crippen molar-refractivity contribution >= 4 is 23.4 Å². The first-order chi connectivity index (χ1) is 8.75. The van der Waals surface area contributed by atoms with Crippen molar-refractivity contribution in [2.45, 2.75) is 6.54 Å². The van der Waals surface area contributed by atoms with E-state index in [0.29, 0.717) is 22.3 Å². The summed E-state index contributed by atoms with van der Waals surface area (Å²) in [5.74, 6) is 0. The Bertz CT molecular complexity index is 800. The number of nitrogens with zero attached hydrogens (tertiary/aromatic N) is 2. The van der Waals surface area contributed by atoms with Crippen LogP contribution in [0.15, 0.2) is 41.5 Å². The first-order valence-corrected chi connectivity index (χ1v) is 5.86. The first-order valence-electron chi connectivity index (χ1n) is 5.46. The Morgan fingerprint density at radius 3 is 2.83 bits per heavy atom. The van der Waals surface area contributed by atoms with E-state index in [4.69, 9.17) is 12.2 Å². The number of imidazole rings is 1. The molecule has 5 nitrogen and oxygen atoms in total. The zero-order valence-electron chi connectivity index (χ0n) is 9.38. The SMILES string of the molecule is O=c1[nH]c(=S)c2[nH]cnc2n1Cc1ccccc1. The molecule has 90 valence electrons. The van der Waals surface area contributed by atoms with E-state index < -0.39 is 0 Å². The molecule has 0 saturated heterocycles. The van der Waals surface area contributed by atoms with Gasteiger partial charge in [-0.3, -0.25) is 9.55 Å². The van der Waals surface area contributed by atoms with Crippen LogP contribution in [0.3, 0.4) is 0 Å². The van der Waals surface area contributed by atoms with Crippen molar-refractivity contribution in [3.63, 3.8) is 0 Å². The molecule has 0 aliphatic heterocycles. The summed E-state index contributed by atoms with van der Waals surface area (Å²) < 4.78 is 1.95. The lowest BCUT2D eigenvalue weighted by atomic mass is 10.2. The molecule has 2 N–H and O–H groups in total. The second-order valence-corrected chi connectivity index (χ2v) is 4.34. The minimum absolute atomic E-state index is 0.247. The molecule has 3 aromatic rings. The fourth-order valence-corrected chi connectivity index (χ4v) is 2.13. The number of aromatic amines is 2. The number of benzene rings is 1. The zero-order valence-corrected chi connectivity index (χ0v) is 10.2. The third-order valence-corrected chi connectivity index (χ3v) is 3.06. The van der Waals surface area contributed by atoms with Crippen LogP contribution < -0.4 is 5.69 Å². The summed E-state index contributed by atoms with van der Waals surface area (Å²) in [7, 11) is 0. The lowest BCUT2D eigenvalue weighted by Crippen LogP contribution is -2.24. The lowest BCUT2D eigenvalue weighted by Gasteiger charge is -2.06. The van der Waals surface area contributed by atoms with Crippen molar-refractivity contribution in [1.82, 2.24) is 19.5 Å². The van der Waals surface area contributed by atoms with Crippen LogP contribution in [0.1, 0.15) is 5.56 Å². The van der Waals surface area contributed by atoms with Gasteiger partial charge in [0.2, 0.25) is 0 Å². The molecule has 2 aromatic heterocycles. The maximum absolute atomic E-state index is 11.9. The van der Waals surface area contributed by atoms with Gasteiger partial charge < -0.3 is 4.98 Å². The van der Waals surface area contributed by atoms with E-state index in [2.05, 4.69) is 15.0 Å². The zero-order chi connectivity index (χ0) is 12.5. The molecule has 0 fully saturated rings. The van der Waals surface area contributed by atoms with E-state index in [1.54, 1.807) is 4.57 Å². The minimum Gasteiger partial charge on any atom is -0.341 e. The van der Waals surface area contributed by atoms with Gasteiger partial charge in [0, 0.05) is 0 Å². The topological polar surface area (TPSA) is 66.5 Å². The molecule has 0 unspecified atom stereocenters. The number of fused-ring (bicyclic) bond motifs is 1. The fraction of sp³-hybridized carbons (Fsp3) is 0.0833. The van der Waals surface area contributed by atoms with Crippen molar-refractivity contribution < 1.29 is 0 Å². The lowest BCUT2D eigenvalue weighted by molar-refractivity contribution is 0.752. The number of aromatic nitrogens is 4. The van der Waals surface area contributed by atoms with Crippen LogP contribution in [0, 0.1) is 4.64 Å². The molecular formula is C12H10N4OS. The third kappa shape index (κ3) is 1.76. The molecule has 2 heterocycles. The van der Waals surface area contributed by atoms with Gasteiger partial charge in [-0.05, 0) is 5.56 Å². The number of H-pyrrole nitrogens is 2. The van der Waals surface area contributed by atoms with Gasteiger partial charge in [0.05, 0.1) is 12.9 Å². The van der Waals surface area contributed by atoms with Crippen molar-refractivity contribution in [2.75, 3.05) is 0 Å². The molecule has 0 bridgehead atoms. The van der Waals surface area contributed by atoms with Crippen LogP contribution in [0.2, 0.25) is 0 Å². The summed E-state index contributed by atoms with van der Waals surface area (Å²) in [6.07, 6.45) is 1.54. The normalized spacial score (nSPS) is 10.9. The van der Waals surface area contributed by atoms with Gasteiger partial charge in [0.25, 0.3) is 0 Å². The van der Waals surface area contributed by atoms with Crippen molar-refractivity contribution in [2.24, 2.45) is 0 Å². The molecule has 0 saturated carbocycles. The molecule has 0 radical (unpaired) electrons. The molecule has 0 aliphatic carbocycles. The van der Waals surface area contributed by atoms with E-state index in [1.807, 2.05) is 30.3 Å². The molecule has 0 spiro atoms. The Balaban J connectivity index is 2.21. The Morgan fingerprint density at radius 1 is 1.28 bits per heavy atom. The molecule has 0 amide bonds. The highest BCUT2D eigenvalue weighted by atomic mass is 32.1. The average molecular weight is 258 g/mol. The molecule has 6 heteroatoms. The van der Waals surface area contributed by atoms with Crippen LogP contribution in [0.5, 0.6) is 0 Å². The predicted octanol–water partition coefficient (Wildman–Crippen LogP) is 1.83. The summed E-state index contributed by atoms with van der Waals surface area (Å²) in [6.45, 7) is 0.465. The smallest absolute Gasteiger partial charge is 0.328 e. The van der Waals surface area contributed by atoms with Crippen LogP contribution in [0.25, 0.3) is 11.2 Å². The van der Waals surface area contributed by atoms with E-state index in [-0.39, 0.29) is 5.69 Å². The Kier molecular flexibility index (Phi) is 2.56. The second-order valence-electron chi connectivity index (χ2n) is 3.93. The highest BCUT2D eigenvalue weighted by Crippen LogP contribution is 2.09. The molecular weight excluding hydrogens is 248 g/mol. The van der Waals surface area contributed by atoms with Gasteiger partial charge in [-0.1, -0.05) is 42.5 Å². The van der Waals surface area contributed by atoms with Crippen molar-refractivity contribution in [3.8, 4) is 0 Å². The highest BCUT2D eigenvalue weighted by molar-refractivity contribution is 7.71. The largest absolute Gasteiger partial charge is 0.341 e. The van der Waals surface area contributed by atoms with Crippen LogP contribution >= 0.6 is 12.2 Å². The molecule has 0 aliphatic rings. The van der Waals surface area contributed by atoms with E-state index in [0.717, 1.165) is 5.56 Å². The molecule has 1 aromatic carbocycles. The molecule has 0 atom stereocenters. The standard InChI is InChI=1S/C12H10N4OS/c17-12-15-11(18)9-10(14-7-13-9)16(12)6-8-4-2-1-3-5-8/h1-5,7H,6H2,(H,13,14)(H,15,17,18). The maximum Gasteiger partial charge on any atom is 0.328 e. The minimum atomic E-state index is -0.247. The van der Waals surface area contributed by atoms with Gasteiger partial charge in [-0.15, -0.1) is 0 Å². The van der Waals surface area contributed by atoms with E-state index >= 15 is 0 Å². The Labute approximate surface area is 107 Å². The average Bonchev–Trinajstić information content (AvgIpc) is 2.85. The first kappa shape index (κ1) is 10.9. The van der Waals surface area contributed by atoms with Gasteiger partial charge in [-0.2, -0.15) is 0 Å². The Morgan fingerprint density at radius 2 is 2.06 bits per heavy atom. The van der Waals surface area contributed by atoms with Gasteiger partial charge >= 0.3 is 5.69 Å². The number of hydrogen-bond donors (Lipinski definition) is 2. The number of hydrogen-bond acceptors (Lipinski definition) is 3. The third-order valence-electron chi connectivity index (χ3n) is 2.75. The second kappa shape index (κ2) is 4.23. The molecule has 3 rings (SSSR count). The van der Waals surface area contributed by atoms with E-state index in [1.165, 1.54) is 6.33 Å². The number of nitrogens with one attached hydrogen (secondary N) is 2. The van der Waals surface area contributed by atoms with Gasteiger partial charge in [-0.25, -0.2) is 9.78 Å². The maximum atomic E-state index is 11.9. The number of rotatable bonds is 2.